The molecule has 1 N–H and O–H groups in total. The summed E-state index contributed by atoms with van der Waals surface area (Å²) in [4.78, 5) is 32.1. The van der Waals surface area contributed by atoms with Crippen LogP contribution in [0, 0.1) is 0 Å². The van der Waals surface area contributed by atoms with Crippen LogP contribution in [0.1, 0.15) is 23.8 Å². The van der Waals surface area contributed by atoms with E-state index in [9.17, 15) is 9.59 Å². The molecule has 0 fully saturated rings. The van der Waals surface area contributed by atoms with Crippen LogP contribution in [-0.2, 0) is 14.4 Å². The van der Waals surface area contributed by atoms with Crippen LogP contribution < -0.4 is 5.32 Å². The van der Waals surface area contributed by atoms with E-state index in [0.717, 1.165) is 0 Å². The van der Waals surface area contributed by atoms with Crippen LogP contribution in [0.2, 0.25) is 0 Å². The summed E-state index contributed by atoms with van der Waals surface area (Å²) >= 11 is 0. The zero-order valence-corrected chi connectivity index (χ0v) is 11.0. The minimum absolute atomic E-state index is 0.214. The number of carbonyl (C=O) groups is 2. The van der Waals surface area contributed by atoms with E-state index in [0.29, 0.717) is 24.4 Å². The maximum absolute atomic E-state index is 11.8. The third-order valence-electron chi connectivity index (χ3n) is 2.63. The molecule has 1 amide bonds. The zero-order chi connectivity index (χ0) is 14.4. The Morgan fingerprint density at radius 1 is 1.50 bits per heavy atom. The average Bonchev–Trinajstić information content (AvgIpc) is 2.95. The second kappa shape index (κ2) is 6.65. The second-order valence-corrected chi connectivity index (χ2v) is 4.11. The fourth-order valence-electron chi connectivity index (χ4n) is 1.66. The lowest BCUT2D eigenvalue weighted by molar-refractivity contribution is -0.154. The minimum atomic E-state index is -0.711. The summed E-state index contributed by atoms with van der Waals surface area (Å²) in [5.41, 5.74) is 0.918. The standard InChI is InChI=1S/C13H15N3O4/c1-2-19-13(18)11-7-9(16-20-11)8-15-12(17)10-5-3-4-6-14-10/h3-6,11H,2,7-8H2,1H3,(H,15,17). The van der Waals surface area contributed by atoms with Gasteiger partial charge in [-0.25, -0.2) is 4.79 Å². The van der Waals surface area contributed by atoms with Crippen molar-refractivity contribution < 1.29 is 19.2 Å². The van der Waals surface area contributed by atoms with Crippen molar-refractivity contribution >= 4 is 17.6 Å². The predicted molar refractivity (Wildman–Crippen MR) is 70.1 cm³/mol. The lowest BCUT2D eigenvalue weighted by Crippen LogP contribution is -2.31. The van der Waals surface area contributed by atoms with E-state index in [1.54, 1.807) is 31.3 Å². The van der Waals surface area contributed by atoms with Gasteiger partial charge in [0.25, 0.3) is 5.91 Å². The van der Waals surface area contributed by atoms with Crippen molar-refractivity contribution in [1.82, 2.24) is 10.3 Å². The fraction of sp³-hybridized carbons (Fsp3) is 0.385. The molecule has 1 aliphatic rings. The summed E-state index contributed by atoms with van der Waals surface area (Å²) in [5.74, 6) is -0.741. The van der Waals surface area contributed by atoms with Crippen LogP contribution in [0.4, 0.5) is 0 Å². The molecular formula is C13H15N3O4. The highest BCUT2D eigenvalue weighted by Gasteiger charge is 2.29. The van der Waals surface area contributed by atoms with Gasteiger partial charge >= 0.3 is 5.97 Å². The van der Waals surface area contributed by atoms with E-state index in [1.165, 1.54) is 0 Å². The molecule has 7 heteroatoms. The zero-order valence-electron chi connectivity index (χ0n) is 11.0. The van der Waals surface area contributed by atoms with Crippen LogP contribution in [0.25, 0.3) is 0 Å². The smallest absolute Gasteiger partial charge is 0.350 e. The third-order valence-corrected chi connectivity index (χ3v) is 2.63. The van der Waals surface area contributed by atoms with Gasteiger partial charge in [-0.05, 0) is 19.1 Å². The molecule has 1 unspecified atom stereocenters. The Bertz CT molecular complexity index is 516. The number of amides is 1. The second-order valence-electron chi connectivity index (χ2n) is 4.11. The van der Waals surface area contributed by atoms with E-state index >= 15 is 0 Å². The van der Waals surface area contributed by atoms with Gasteiger partial charge in [-0.15, -0.1) is 0 Å². The van der Waals surface area contributed by atoms with Gasteiger partial charge in [0.05, 0.1) is 18.9 Å². The number of carbonyl (C=O) groups excluding carboxylic acids is 2. The molecule has 106 valence electrons. The van der Waals surface area contributed by atoms with Gasteiger partial charge < -0.3 is 14.9 Å². The summed E-state index contributed by atoms with van der Waals surface area (Å²) in [6.07, 6.45) is 1.15. The Morgan fingerprint density at radius 2 is 2.35 bits per heavy atom. The van der Waals surface area contributed by atoms with E-state index in [1.807, 2.05) is 0 Å². The van der Waals surface area contributed by atoms with Crippen molar-refractivity contribution in [3.63, 3.8) is 0 Å². The third kappa shape index (κ3) is 3.53. The largest absolute Gasteiger partial charge is 0.463 e. The topological polar surface area (TPSA) is 89.9 Å². The number of pyridine rings is 1. The van der Waals surface area contributed by atoms with Crippen molar-refractivity contribution in [2.24, 2.45) is 5.16 Å². The molecule has 1 atom stereocenters. The first kappa shape index (κ1) is 14.0. The lowest BCUT2D eigenvalue weighted by Gasteiger charge is -2.06. The number of oxime groups is 1. The Kier molecular flexibility index (Phi) is 4.65. The minimum Gasteiger partial charge on any atom is -0.463 e. The molecule has 2 heterocycles. The summed E-state index contributed by atoms with van der Waals surface area (Å²) in [5, 5.41) is 6.43. The number of hydrogen-bond donors (Lipinski definition) is 1. The quantitative estimate of drug-likeness (QED) is 0.792. The Hall–Kier alpha value is -2.44. The van der Waals surface area contributed by atoms with E-state index in [2.05, 4.69) is 15.5 Å². The molecule has 0 bridgehead atoms. The SMILES string of the molecule is CCOC(=O)C1CC(CNC(=O)c2ccccn2)=NO1. The molecule has 0 spiro atoms. The highest BCUT2D eigenvalue weighted by molar-refractivity contribution is 5.98. The number of ether oxygens (including phenoxy) is 1. The molecule has 1 aliphatic heterocycles. The van der Waals surface area contributed by atoms with E-state index < -0.39 is 12.1 Å². The van der Waals surface area contributed by atoms with Crippen molar-refractivity contribution in [2.45, 2.75) is 19.4 Å². The van der Waals surface area contributed by atoms with Crippen molar-refractivity contribution in [2.75, 3.05) is 13.2 Å². The van der Waals surface area contributed by atoms with Crippen molar-refractivity contribution in [3.05, 3.63) is 30.1 Å². The average molecular weight is 277 g/mol. The van der Waals surface area contributed by atoms with Gasteiger partial charge in [-0.1, -0.05) is 11.2 Å². The van der Waals surface area contributed by atoms with Crippen LogP contribution in [0.5, 0.6) is 0 Å². The molecule has 20 heavy (non-hydrogen) atoms. The highest BCUT2D eigenvalue weighted by atomic mass is 16.7. The molecule has 0 saturated carbocycles. The van der Waals surface area contributed by atoms with Crippen LogP contribution in [-0.4, -0.2) is 41.8 Å². The molecule has 0 aromatic carbocycles. The number of rotatable bonds is 5. The van der Waals surface area contributed by atoms with E-state index in [-0.39, 0.29) is 12.5 Å². The van der Waals surface area contributed by atoms with Crippen LogP contribution in [0.15, 0.2) is 29.6 Å². The van der Waals surface area contributed by atoms with Gasteiger partial charge in [-0.2, -0.15) is 0 Å². The van der Waals surface area contributed by atoms with Gasteiger partial charge in [-0.3, -0.25) is 9.78 Å². The summed E-state index contributed by atoms with van der Waals surface area (Å²) in [6.45, 7) is 2.23. The predicted octanol–water partition coefficient (Wildman–Crippen LogP) is 0.519. The monoisotopic (exact) mass is 277 g/mol. The van der Waals surface area contributed by atoms with Gasteiger partial charge in [0.1, 0.15) is 5.69 Å². The number of nitrogens with zero attached hydrogens (tertiary/aromatic N) is 2. The van der Waals surface area contributed by atoms with E-state index in [4.69, 9.17) is 9.57 Å². The molecule has 0 saturated heterocycles. The maximum Gasteiger partial charge on any atom is 0.350 e. The van der Waals surface area contributed by atoms with Gasteiger partial charge in [0.15, 0.2) is 0 Å². The Balaban J connectivity index is 1.79. The molecule has 7 nitrogen and oxygen atoms in total. The molecule has 0 aliphatic carbocycles. The van der Waals surface area contributed by atoms with Crippen LogP contribution >= 0.6 is 0 Å². The number of aromatic nitrogens is 1. The molecule has 1 aromatic heterocycles. The molecule has 2 rings (SSSR count). The normalized spacial score (nSPS) is 17.1. The van der Waals surface area contributed by atoms with Crippen molar-refractivity contribution in [3.8, 4) is 0 Å². The number of hydrogen-bond acceptors (Lipinski definition) is 6. The first-order valence-corrected chi connectivity index (χ1v) is 6.28. The maximum atomic E-state index is 11.8. The Morgan fingerprint density at radius 3 is 3.05 bits per heavy atom. The molecular weight excluding hydrogens is 262 g/mol. The van der Waals surface area contributed by atoms with Crippen LogP contribution in [0.3, 0.4) is 0 Å². The van der Waals surface area contributed by atoms with Crippen molar-refractivity contribution in [1.29, 1.82) is 0 Å². The summed E-state index contributed by atoms with van der Waals surface area (Å²) < 4.78 is 4.83. The molecule has 0 radical (unpaired) electrons. The summed E-state index contributed by atoms with van der Waals surface area (Å²) in [7, 11) is 0. The first-order valence-electron chi connectivity index (χ1n) is 6.28. The number of nitrogens with one attached hydrogen (secondary N) is 1. The lowest BCUT2D eigenvalue weighted by atomic mass is 10.2. The Labute approximate surface area is 116 Å². The first-order chi connectivity index (χ1) is 9.70. The summed E-state index contributed by atoms with van der Waals surface area (Å²) in [6, 6.07) is 5.08. The fourth-order valence-corrected chi connectivity index (χ4v) is 1.66. The number of esters is 1. The molecule has 1 aromatic rings. The van der Waals surface area contributed by atoms with Gasteiger partial charge in [0, 0.05) is 12.6 Å². The highest BCUT2D eigenvalue weighted by Crippen LogP contribution is 2.11. The van der Waals surface area contributed by atoms with Gasteiger partial charge in [0.2, 0.25) is 6.10 Å².